The van der Waals surface area contributed by atoms with Crippen LogP contribution in [-0.4, -0.2) is 17.8 Å². The van der Waals surface area contributed by atoms with E-state index in [0.29, 0.717) is 6.54 Å². The average Bonchev–Trinajstić information content (AvgIpc) is 2.05. The first kappa shape index (κ1) is 12.7. The van der Waals surface area contributed by atoms with Crippen molar-refractivity contribution in [2.45, 2.75) is 51.6 Å². The highest BCUT2D eigenvalue weighted by Crippen LogP contribution is 2.12. The van der Waals surface area contributed by atoms with Crippen LogP contribution >= 0.6 is 0 Å². The minimum Gasteiger partial charge on any atom is -0.393 e. The molecule has 0 aliphatic rings. The molecule has 0 rings (SSSR count). The number of hydrogen-bond acceptors (Lipinski definition) is 2. The highest BCUT2D eigenvalue weighted by molar-refractivity contribution is 4.93. The molecule has 3 N–H and O–H groups in total. The van der Waals surface area contributed by atoms with Gasteiger partial charge < -0.3 is 10.8 Å². The molecule has 0 aromatic rings. The van der Waals surface area contributed by atoms with Gasteiger partial charge in [-0.25, -0.2) is 0 Å². The summed E-state index contributed by atoms with van der Waals surface area (Å²) in [6, 6.07) is 0. The Morgan fingerprint density at radius 2 is 2.08 bits per heavy atom. The van der Waals surface area contributed by atoms with Crippen LogP contribution in [0.3, 0.4) is 0 Å². The zero-order valence-electron chi connectivity index (χ0n) is 8.76. The topological polar surface area (TPSA) is 46.2 Å². The van der Waals surface area contributed by atoms with E-state index in [-0.39, 0.29) is 6.10 Å². The van der Waals surface area contributed by atoms with Gasteiger partial charge in [0.1, 0.15) is 0 Å². The molecule has 13 heavy (non-hydrogen) atoms. The Kier molecular flexibility index (Phi) is 8.05. The molecule has 0 aliphatic heterocycles. The zero-order chi connectivity index (χ0) is 10.1. The summed E-state index contributed by atoms with van der Waals surface area (Å²) in [5.74, 6) is 0. The first-order valence-corrected chi connectivity index (χ1v) is 5.25. The summed E-state index contributed by atoms with van der Waals surface area (Å²) in [5, 5.41) is 9.44. The fourth-order valence-electron chi connectivity index (χ4n) is 1.39. The normalized spacial score (nSPS) is 12.8. The molecule has 0 amide bonds. The lowest BCUT2D eigenvalue weighted by Gasteiger charge is -2.09. The summed E-state index contributed by atoms with van der Waals surface area (Å²) in [6.45, 7) is 6.71. The molecule has 0 fully saturated rings. The van der Waals surface area contributed by atoms with Crippen LogP contribution in [0.4, 0.5) is 0 Å². The maximum atomic E-state index is 9.44. The van der Waals surface area contributed by atoms with Gasteiger partial charge in [0.05, 0.1) is 6.10 Å². The van der Waals surface area contributed by atoms with Crippen LogP contribution in [0, 0.1) is 0 Å². The fourth-order valence-corrected chi connectivity index (χ4v) is 1.39. The lowest BCUT2D eigenvalue weighted by atomic mass is 10.0. The van der Waals surface area contributed by atoms with Crippen molar-refractivity contribution in [3.8, 4) is 0 Å². The third kappa shape index (κ3) is 8.00. The second kappa shape index (κ2) is 8.27. The van der Waals surface area contributed by atoms with Gasteiger partial charge in [-0.1, -0.05) is 25.5 Å². The van der Waals surface area contributed by atoms with Crippen molar-refractivity contribution in [2.24, 2.45) is 5.73 Å². The highest BCUT2D eigenvalue weighted by atomic mass is 16.3. The Hall–Kier alpha value is -0.340. The van der Waals surface area contributed by atoms with Crippen molar-refractivity contribution in [3.63, 3.8) is 0 Å². The average molecular weight is 185 g/mol. The summed E-state index contributed by atoms with van der Waals surface area (Å²) >= 11 is 0. The molecule has 0 aromatic heterocycles. The first-order chi connectivity index (χ1) is 6.20. The molecule has 0 saturated heterocycles. The van der Waals surface area contributed by atoms with Crippen molar-refractivity contribution in [1.82, 2.24) is 0 Å². The zero-order valence-corrected chi connectivity index (χ0v) is 8.76. The van der Waals surface area contributed by atoms with E-state index in [1.807, 2.05) is 0 Å². The van der Waals surface area contributed by atoms with E-state index in [9.17, 15) is 5.11 Å². The smallest absolute Gasteiger partial charge is 0.0540 e. The van der Waals surface area contributed by atoms with E-state index in [1.165, 1.54) is 5.57 Å². The molecule has 1 unspecified atom stereocenters. The minimum absolute atomic E-state index is 0.115. The molecule has 0 saturated carbocycles. The van der Waals surface area contributed by atoms with Crippen molar-refractivity contribution in [2.75, 3.05) is 6.54 Å². The summed E-state index contributed by atoms with van der Waals surface area (Å²) in [5.41, 5.74) is 6.61. The predicted octanol–water partition coefficient (Wildman–Crippen LogP) is 2.22. The largest absolute Gasteiger partial charge is 0.393 e. The Labute approximate surface area is 81.8 Å². The summed E-state index contributed by atoms with van der Waals surface area (Å²) in [6.07, 6.45) is 5.74. The third-order valence-electron chi connectivity index (χ3n) is 2.19. The SMILES string of the molecule is C=C(CCN)CCCC(O)CCC. The Morgan fingerprint density at radius 1 is 1.38 bits per heavy atom. The summed E-state index contributed by atoms with van der Waals surface area (Å²) in [4.78, 5) is 0. The first-order valence-electron chi connectivity index (χ1n) is 5.25. The quantitative estimate of drug-likeness (QED) is 0.570. The standard InChI is InChI=1S/C11H23NO/c1-3-5-11(13)7-4-6-10(2)8-9-12/h11,13H,2-9,12H2,1H3. The van der Waals surface area contributed by atoms with Crippen LogP contribution in [0.5, 0.6) is 0 Å². The van der Waals surface area contributed by atoms with E-state index in [4.69, 9.17) is 5.73 Å². The van der Waals surface area contributed by atoms with E-state index in [0.717, 1.165) is 38.5 Å². The van der Waals surface area contributed by atoms with Gasteiger partial charge in [0.25, 0.3) is 0 Å². The van der Waals surface area contributed by atoms with Gasteiger partial charge in [-0.05, 0) is 38.6 Å². The van der Waals surface area contributed by atoms with Gasteiger partial charge in [0.15, 0.2) is 0 Å². The van der Waals surface area contributed by atoms with Crippen LogP contribution in [0.25, 0.3) is 0 Å². The van der Waals surface area contributed by atoms with Crippen LogP contribution in [0.2, 0.25) is 0 Å². The van der Waals surface area contributed by atoms with Crippen molar-refractivity contribution in [3.05, 3.63) is 12.2 Å². The van der Waals surface area contributed by atoms with E-state index in [2.05, 4.69) is 13.5 Å². The third-order valence-corrected chi connectivity index (χ3v) is 2.19. The second-order valence-corrected chi connectivity index (χ2v) is 3.62. The number of rotatable bonds is 8. The van der Waals surface area contributed by atoms with E-state index in [1.54, 1.807) is 0 Å². The number of hydrogen-bond donors (Lipinski definition) is 2. The summed E-state index contributed by atoms with van der Waals surface area (Å²) in [7, 11) is 0. The molecule has 0 aliphatic carbocycles. The van der Waals surface area contributed by atoms with Crippen molar-refractivity contribution >= 4 is 0 Å². The number of aliphatic hydroxyl groups is 1. The Balaban J connectivity index is 3.28. The molecule has 0 bridgehead atoms. The van der Waals surface area contributed by atoms with E-state index < -0.39 is 0 Å². The van der Waals surface area contributed by atoms with Crippen molar-refractivity contribution < 1.29 is 5.11 Å². The van der Waals surface area contributed by atoms with Gasteiger partial charge in [-0.2, -0.15) is 0 Å². The molecule has 0 spiro atoms. The van der Waals surface area contributed by atoms with Gasteiger partial charge in [-0.3, -0.25) is 0 Å². The lowest BCUT2D eigenvalue weighted by Crippen LogP contribution is -2.06. The molecule has 0 aromatic carbocycles. The molecule has 0 radical (unpaired) electrons. The van der Waals surface area contributed by atoms with Gasteiger partial charge in [-0.15, -0.1) is 0 Å². The fraction of sp³-hybridized carbons (Fsp3) is 0.818. The molecular weight excluding hydrogens is 162 g/mol. The van der Waals surface area contributed by atoms with E-state index >= 15 is 0 Å². The van der Waals surface area contributed by atoms with Crippen molar-refractivity contribution in [1.29, 1.82) is 0 Å². The monoisotopic (exact) mass is 185 g/mol. The maximum Gasteiger partial charge on any atom is 0.0540 e. The molecule has 0 heterocycles. The summed E-state index contributed by atoms with van der Waals surface area (Å²) < 4.78 is 0. The second-order valence-electron chi connectivity index (χ2n) is 3.62. The van der Waals surface area contributed by atoms with Crippen LogP contribution in [0.15, 0.2) is 12.2 Å². The maximum absolute atomic E-state index is 9.44. The van der Waals surface area contributed by atoms with Gasteiger partial charge >= 0.3 is 0 Å². The van der Waals surface area contributed by atoms with Crippen LogP contribution in [-0.2, 0) is 0 Å². The van der Waals surface area contributed by atoms with Crippen LogP contribution < -0.4 is 5.73 Å². The minimum atomic E-state index is -0.115. The molecule has 2 heteroatoms. The molecular formula is C11H23NO. The molecule has 1 atom stereocenters. The number of aliphatic hydroxyl groups excluding tert-OH is 1. The highest BCUT2D eigenvalue weighted by Gasteiger charge is 2.02. The number of nitrogens with two attached hydrogens (primary N) is 1. The predicted molar refractivity (Wildman–Crippen MR) is 57.6 cm³/mol. The van der Waals surface area contributed by atoms with Gasteiger partial charge in [0, 0.05) is 0 Å². The molecule has 78 valence electrons. The van der Waals surface area contributed by atoms with Crippen LogP contribution in [0.1, 0.15) is 45.4 Å². The lowest BCUT2D eigenvalue weighted by molar-refractivity contribution is 0.151. The van der Waals surface area contributed by atoms with Gasteiger partial charge in [0.2, 0.25) is 0 Å². The Bertz CT molecular complexity index is 134. The molecule has 2 nitrogen and oxygen atoms in total. The Morgan fingerprint density at radius 3 is 2.62 bits per heavy atom.